The number of carbonyl (C=O) groups excluding carboxylic acids is 1. The number of hydrogen-bond donors (Lipinski definition) is 2. The first-order chi connectivity index (χ1) is 20.0. The van der Waals surface area contributed by atoms with E-state index in [1.54, 1.807) is 6.33 Å². The maximum Gasteiger partial charge on any atom is 0.231 e. The molecule has 3 atom stereocenters. The van der Waals surface area contributed by atoms with Crippen LogP contribution in [0.3, 0.4) is 0 Å². The summed E-state index contributed by atoms with van der Waals surface area (Å²) < 4.78 is 0. The number of aliphatic hydroxyl groups is 1. The fourth-order valence-corrected chi connectivity index (χ4v) is 7.33. The number of nitrogens with one attached hydrogen (secondary N) is 1. The van der Waals surface area contributed by atoms with E-state index in [-0.39, 0.29) is 17.7 Å². The number of aromatic nitrogens is 2. The molecule has 222 valence electrons. The number of carbonyl (C=O) groups is 1. The van der Waals surface area contributed by atoms with E-state index in [9.17, 15) is 9.90 Å². The number of hydrogen-bond acceptors (Lipinski definition) is 8. The lowest BCUT2D eigenvalue weighted by molar-refractivity contribution is -0.133. The normalized spacial score (nSPS) is 25.3. The van der Waals surface area contributed by atoms with E-state index in [0.717, 1.165) is 87.5 Å². The molecule has 0 unspecified atom stereocenters. The fraction of sp³-hybridized carbons (Fsp3) is 0.645. The summed E-state index contributed by atoms with van der Waals surface area (Å²) in [5.74, 6) is 1.89. The molecule has 4 heterocycles. The monoisotopic (exact) mass is 581 g/mol. The molecule has 3 aliphatic heterocycles. The Kier molecular flexibility index (Phi) is 9.07. The fourth-order valence-electron chi connectivity index (χ4n) is 7.20. The molecule has 3 saturated heterocycles. The van der Waals surface area contributed by atoms with E-state index in [1.807, 2.05) is 29.2 Å². The number of aliphatic hydroxyl groups excluding tert-OH is 1. The van der Waals surface area contributed by atoms with Crippen LogP contribution in [0.25, 0.3) is 0 Å². The summed E-state index contributed by atoms with van der Waals surface area (Å²) in [6, 6.07) is 7.85. The van der Waals surface area contributed by atoms with Gasteiger partial charge < -0.3 is 30.0 Å². The molecule has 10 heteroatoms. The standard InChI is InChI=1S/C31H44ClN7O2/c1-22-18-27(40)29-28(22)30(35-21-34-29)38-14-16-39(17-15-38)31(41)26(24-2-4-25(32)5-3-24)20-36-10-6-23(7-11-36)19-37-12-8-33-9-13-37/h2-5,21-23,26-27,33,40H,6-20H2,1H3/t22-,26-,27-/m1/s1. The maximum absolute atomic E-state index is 14.1. The number of nitrogens with zero attached hydrogens (tertiary/aromatic N) is 6. The number of rotatable bonds is 7. The molecule has 41 heavy (non-hydrogen) atoms. The van der Waals surface area contributed by atoms with Crippen LogP contribution in [-0.2, 0) is 4.79 Å². The maximum atomic E-state index is 14.1. The minimum absolute atomic E-state index is 0.201. The van der Waals surface area contributed by atoms with Crippen molar-refractivity contribution in [2.45, 2.75) is 44.1 Å². The van der Waals surface area contributed by atoms with E-state index >= 15 is 0 Å². The molecule has 3 fully saturated rings. The van der Waals surface area contributed by atoms with E-state index in [2.05, 4.69) is 36.9 Å². The minimum atomic E-state index is -0.517. The Morgan fingerprint density at radius 3 is 2.41 bits per heavy atom. The van der Waals surface area contributed by atoms with Crippen molar-refractivity contribution >= 4 is 23.3 Å². The van der Waals surface area contributed by atoms with Gasteiger partial charge in [-0.1, -0.05) is 30.7 Å². The number of halogens is 1. The molecular weight excluding hydrogens is 538 g/mol. The third-order valence-electron chi connectivity index (χ3n) is 9.61. The second kappa shape index (κ2) is 12.9. The quantitative estimate of drug-likeness (QED) is 0.516. The molecule has 6 rings (SSSR count). The Labute approximate surface area is 248 Å². The molecule has 1 aromatic carbocycles. The van der Waals surface area contributed by atoms with Gasteiger partial charge in [0.15, 0.2) is 0 Å². The first kappa shape index (κ1) is 28.8. The van der Waals surface area contributed by atoms with Crippen LogP contribution >= 0.6 is 11.6 Å². The zero-order chi connectivity index (χ0) is 28.3. The highest BCUT2D eigenvalue weighted by molar-refractivity contribution is 6.30. The average molecular weight is 582 g/mol. The van der Waals surface area contributed by atoms with Gasteiger partial charge in [-0.3, -0.25) is 4.79 Å². The summed E-state index contributed by atoms with van der Waals surface area (Å²) in [6.07, 6.45) is 4.13. The molecule has 9 nitrogen and oxygen atoms in total. The molecule has 4 aliphatic rings. The lowest BCUT2D eigenvalue weighted by Gasteiger charge is -2.40. The molecule has 1 amide bonds. The van der Waals surface area contributed by atoms with Crippen molar-refractivity contribution in [3.63, 3.8) is 0 Å². The summed E-state index contributed by atoms with van der Waals surface area (Å²) in [5, 5.41) is 14.6. The molecule has 0 spiro atoms. The molecule has 0 saturated carbocycles. The van der Waals surface area contributed by atoms with E-state index in [0.29, 0.717) is 24.5 Å². The van der Waals surface area contributed by atoms with Crippen molar-refractivity contribution < 1.29 is 9.90 Å². The number of fused-ring (bicyclic) bond motifs is 1. The van der Waals surface area contributed by atoms with Gasteiger partial charge in [0.25, 0.3) is 0 Å². The first-order valence-corrected chi connectivity index (χ1v) is 15.8. The molecule has 1 aromatic heterocycles. The molecule has 1 aliphatic carbocycles. The van der Waals surface area contributed by atoms with Gasteiger partial charge in [0.2, 0.25) is 5.91 Å². The van der Waals surface area contributed by atoms with Crippen LogP contribution in [0.5, 0.6) is 0 Å². The van der Waals surface area contributed by atoms with Gasteiger partial charge in [0.05, 0.1) is 17.7 Å². The van der Waals surface area contributed by atoms with Crippen molar-refractivity contribution in [1.29, 1.82) is 0 Å². The van der Waals surface area contributed by atoms with Crippen molar-refractivity contribution in [2.24, 2.45) is 5.92 Å². The largest absolute Gasteiger partial charge is 0.387 e. The highest BCUT2D eigenvalue weighted by Crippen LogP contribution is 2.42. The van der Waals surface area contributed by atoms with Crippen molar-refractivity contribution in [1.82, 2.24) is 30.0 Å². The van der Waals surface area contributed by atoms with Gasteiger partial charge in [-0.25, -0.2) is 9.97 Å². The summed E-state index contributed by atoms with van der Waals surface area (Å²) in [7, 11) is 0. The van der Waals surface area contributed by atoms with Gasteiger partial charge in [-0.2, -0.15) is 0 Å². The van der Waals surface area contributed by atoms with Gasteiger partial charge >= 0.3 is 0 Å². The lowest BCUT2D eigenvalue weighted by Crippen LogP contribution is -2.52. The predicted molar refractivity (Wildman–Crippen MR) is 161 cm³/mol. The molecule has 0 bridgehead atoms. The zero-order valence-corrected chi connectivity index (χ0v) is 25.0. The number of piperazine rings is 2. The first-order valence-electron chi connectivity index (χ1n) is 15.4. The Hall–Kier alpha value is -2.30. The average Bonchev–Trinajstić information content (AvgIpc) is 3.30. The van der Waals surface area contributed by atoms with Crippen LogP contribution in [-0.4, -0.2) is 114 Å². The van der Waals surface area contributed by atoms with E-state index in [4.69, 9.17) is 11.6 Å². The predicted octanol–water partition coefficient (Wildman–Crippen LogP) is 2.72. The summed E-state index contributed by atoms with van der Waals surface area (Å²) in [4.78, 5) is 32.5. The second-order valence-electron chi connectivity index (χ2n) is 12.4. The smallest absolute Gasteiger partial charge is 0.231 e. The topological polar surface area (TPSA) is 88.1 Å². The highest BCUT2D eigenvalue weighted by atomic mass is 35.5. The Balaban J connectivity index is 1.09. The number of benzene rings is 1. The van der Waals surface area contributed by atoms with Crippen LogP contribution in [0.2, 0.25) is 5.02 Å². The van der Waals surface area contributed by atoms with Crippen LogP contribution in [0, 0.1) is 5.92 Å². The zero-order valence-electron chi connectivity index (χ0n) is 24.2. The molecular formula is C31H44ClN7O2. The third-order valence-corrected chi connectivity index (χ3v) is 9.87. The lowest BCUT2D eigenvalue weighted by atomic mass is 9.92. The Morgan fingerprint density at radius 2 is 1.71 bits per heavy atom. The number of anilines is 1. The number of piperidine rings is 1. The SMILES string of the molecule is C[C@@H]1C[C@@H](O)c2ncnc(N3CCN(C(=O)[C@H](CN4CCC(CN5CCNCC5)CC4)c4ccc(Cl)cc4)CC3)c21. The number of likely N-dealkylation sites (tertiary alicyclic amines) is 1. The molecule has 2 N–H and O–H groups in total. The van der Waals surface area contributed by atoms with Crippen molar-refractivity contribution in [3.8, 4) is 0 Å². The Morgan fingerprint density at radius 1 is 1.00 bits per heavy atom. The van der Waals surface area contributed by atoms with Gasteiger partial charge in [0.1, 0.15) is 12.1 Å². The van der Waals surface area contributed by atoms with Crippen LogP contribution in [0.15, 0.2) is 30.6 Å². The van der Waals surface area contributed by atoms with E-state index in [1.165, 1.54) is 19.4 Å². The number of amides is 1. The van der Waals surface area contributed by atoms with Crippen molar-refractivity contribution in [3.05, 3.63) is 52.4 Å². The summed E-state index contributed by atoms with van der Waals surface area (Å²) >= 11 is 6.22. The Bertz CT molecular complexity index is 1180. The molecule has 0 radical (unpaired) electrons. The minimum Gasteiger partial charge on any atom is -0.387 e. The van der Waals surface area contributed by atoms with Crippen LogP contribution in [0.1, 0.15) is 60.9 Å². The van der Waals surface area contributed by atoms with E-state index < -0.39 is 6.10 Å². The van der Waals surface area contributed by atoms with Crippen molar-refractivity contribution in [2.75, 3.05) is 83.4 Å². The highest BCUT2D eigenvalue weighted by Gasteiger charge is 2.36. The van der Waals surface area contributed by atoms with Gasteiger partial charge in [0, 0.05) is 76.0 Å². The third kappa shape index (κ3) is 6.54. The molecule has 2 aromatic rings. The summed E-state index contributed by atoms with van der Waals surface area (Å²) in [5.41, 5.74) is 2.88. The van der Waals surface area contributed by atoms with Crippen LogP contribution in [0.4, 0.5) is 5.82 Å². The van der Waals surface area contributed by atoms with Gasteiger partial charge in [-0.05, 0) is 61.9 Å². The summed E-state index contributed by atoms with van der Waals surface area (Å²) in [6.45, 7) is 13.4. The van der Waals surface area contributed by atoms with Gasteiger partial charge in [-0.15, -0.1) is 0 Å². The van der Waals surface area contributed by atoms with Crippen LogP contribution < -0.4 is 10.2 Å². The second-order valence-corrected chi connectivity index (χ2v) is 12.8.